The van der Waals surface area contributed by atoms with Gasteiger partial charge in [0.15, 0.2) is 0 Å². The van der Waals surface area contributed by atoms with Gasteiger partial charge in [-0.2, -0.15) is 5.26 Å². The van der Waals surface area contributed by atoms with Gasteiger partial charge in [0, 0.05) is 36.8 Å². The normalized spacial score (nSPS) is 11.2. The van der Waals surface area contributed by atoms with E-state index in [0.29, 0.717) is 29.1 Å². The molecule has 0 amide bonds. The second-order valence-corrected chi connectivity index (χ2v) is 8.06. The van der Waals surface area contributed by atoms with Crippen LogP contribution in [0.25, 0.3) is 27.6 Å². The van der Waals surface area contributed by atoms with Gasteiger partial charge in [0.25, 0.3) is 11.2 Å². The smallest absolute Gasteiger partial charge is 0.273 e. The molecule has 9 heteroatoms. The minimum Gasteiger partial charge on any atom is -0.494 e. The Balaban J connectivity index is 1.92. The number of aromatic nitrogens is 2. The summed E-state index contributed by atoms with van der Waals surface area (Å²) in [4.78, 5) is 25.9. The summed E-state index contributed by atoms with van der Waals surface area (Å²) in [6, 6.07) is 15.0. The molecule has 2 aromatic carbocycles. The highest BCUT2D eigenvalue weighted by atomic mass is 16.6. The number of hydrogen-bond acceptors (Lipinski definition) is 6. The zero-order valence-corrected chi connectivity index (χ0v) is 18.6. The number of rotatable bonds is 7. The number of ether oxygens (including phenoxy) is 1. The summed E-state index contributed by atoms with van der Waals surface area (Å²) in [7, 11) is 5.89. The van der Waals surface area contributed by atoms with Gasteiger partial charge in [-0.3, -0.25) is 19.5 Å². The third-order valence-electron chi connectivity index (χ3n) is 5.58. The highest BCUT2D eigenvalue weighted by molar-refractivity contribution is 6.07. The van der Waals surface area contributed by atoms with Crippen molar-refractivity contribution in [2.45, 2.75) is 6.42 Å². The van der Waals surface area contributed by atoms with E-state index < -0.39 is 10.5 Å². The van der Waals surface area contributed by atoms with E-state index in [1.54, 1.807) is 6.07 Å². The van der Waals surface area contributed by atoms with E-state index in [1.165, 1.54) is 28.8 Å². The number of hydrogen-bond donors (Lipinski definition) is 0. The first-order valence-electron chi connectivity index (χ1n) is 10.4. The fourth-order valence-corrected chi connectivity index (χ4v) is 3.95. The molecule has 0 N–H and O–H groups in total. The lowest BCUT2D eigenvalue weighted by Gasteiger charge is -2.11. The number of benzene rings is 2. The third kappa shape index (κ3) is 4.04. The largest absolute Gasteiger partial charge is 0.494 e. The quantitative estimate of drug-likeness (QED) is 0.244. The van der Waals surface area contributed by atoms with Crippen LogP contribution in [0.1, 0.15) is 12.0 Å². The monoisotopic (exact) mass is 445 g/mol. The van der Waals surface area contributed by atoms with E-state index in [-0.39, 0.29) is 11.3 Å². The summed E-state index contributed by atoms with van der Waals surface area (Å²) in [6.45, 7) is 1.47. The molecular weight excluding hydrogens is 422 g/mol. The van der Waals surface area contributed by atoms with Gasteiger partial charge >= 0.3 is 0 Å². The van der Waals surface area contributed by atoms with E-state index in [9.17, 15) is 20.2 Å². The number of nitrogens with zero attached hydrogens (tertiary/aromatic N) is 5. The second kappa shape index (κ2) is 8.76. The van der Waals surface area contributed by atoms with Crippen molar-refractivity contribution in [2.24, 2.45) is 7.05 Å². The Kier molecular flexibility index (Phi) is 5.85. The molecule has 0 fully saturated rings. The number of nitriles is 1. The minimum absolute atomic E-state index is 0.00748. The van der Waals surface area contributed by atoms with Crippen molar-refractivity contribution in [1.29, 1.82) is 5.26 Å². The Morgan fingerprint density at radius 3 is 2.48 bits per heavy atom. The zero-order chi connectivity index (χ0) is 23.7. The van der Waals surface area contributed by atoms with Crippen LogP contribution in [0.15, 0.2) is 53.3 Å². The number of pyridine rings is 1. The van der Waals surface area contributed by atoms with Gasteiger partial charge in [0.05, 0.1) is 28.1 Å². The molecule has 4 aromatic rings. The molecule has 0 aliphatic rings. The number of nitro groups is 1. The van der Waals surface area contributed by atoms with Crippen LogP contribution in [-0.4, -0.2) is 46.2 Å². The van der Waals surface area contributed by atoms with Crippen molar-refractivity contribution in [1.82, 2.24) is 14.0 Å². The van der Waals surface area contributed by atoms with Crippen LogP contribution < -0.4 is 10.3 Å². The number of nitro benzene ring substituents is 1. The Morgan fingerprint density at radius 2 is 1.85 bits per heavy atom. The van der Waals surface area contributed by atoms with Gasteiger partial charge in [-0.15, -0.1) is 0 Å². The molecule has 0 spiro atoms. The van der Waals surface area contributed by atoms with Crippen LogP contribution in [-0.2, 0) is 7.05 Å². The maximum Gasteiger partial charge on any atom is 0.273 e. The Morgan fingerprint density at radius 1 is 1.12 bits per heavy atom. The van der Waals surface area contributed by atoms with Crippen molar-refractivity contribution >= 4 is 27.6 Å². The van der Waals surface area contributed by atoms with E-state index >= 15 is 0 Å². The van der Waals surface area contributed by atoms with Gasteiger partial charge in [-0.25, -0.2) is 0 Å². The first-order valence-corrected chi connectivity index (χ1v) is 10.4. The van der Waals surface area contributed by atoms with Crippen LogP contribution in [0.4, 0.5) is 5.69 Å². The van der Waals surface area contributed by atoms with E-state index in [0.717, 1.165) is 23.9 Å². The molecule has 4 rings (SSSR count). The van der Waals surface area contributed by atoms with Gasteiger partial charge in [-0.05, 0) is 56.9 Å². The fraction of sp³-hybridized carbons (Fsp3) is 0.250. The number of fused-ring (bicyclic) bond motifs is 3. The lowest BCUT2D eigenvalue weighted by Crippen LogP contribution is -2.21. The molecule has 0 radical (unpaired) electrons. The summed E-state index contributed by atoms with van der Waals surface area (Å²) in [5.74, 6) is 0.681. The van der Waals surface area contributed by atoms with Gasteiger partial charge in [-0.1, -0.05) is 0 Å². The molecule has 0 unspecified atom stereocenters. The highest BCUT2D eigenvalue weighted by Gasteiger charge is 2.19. The topological polar surface area (TPSA) is 106 Å². The van der Waals surface area contributed by atoms with Gasteiger partial charge in [0.2, 0.25) is 0 Å². The van der Waals surface area contributed by atoms with Crippen molar-refractivity contribution in [2.75, 3.05) is 27.2 Å². The van der Waals surface area contributed by atoms with Crippen LogP contribution in [0.2, 0.25) is 0 Å². The fourth-order valence-electron chi connectivity index (χ4n) is 3.95. The highest BCUT2D eigenvalue weighted by Crippen LogP contribution is 2.32. The first kappa shape index (κ1) is 22.0. The Labute approximate surface area is 189 Å². The standard InChI is InChI=1S/C24H23N5O4/c1-26(2)11-4-12-33-19-9-10-21-20(14-19)23-22(27(21)3)13-16(15-25)24(30)28(23)17-5-7-18(8-6-17)29(31)32/h5-10,13-14H,4,11-12H2,1-3H3. The molecule has 0 atom stereocenters. The average molecular weight is 445 g/mol. The predicted molar refractivity (Wildman–Crippen MR) is 126 cm³/mol. The molecule has 0 aliphatic heterocycles. The summed E-state index contributed by atoms with van der Waals surface area (Å²) in [5, 5.41) is 21.4. The molecule has 2 aromatic heterocycles. The second-order valence-electron chi connectivity index (χ2n) is 8.06. The molecule has 0 bridgehead atoms. The zero-order valence-electron chi connectivity index (χ0n) is 18.6. The van der Waals surface area contributed by atoms with Crippen LogP contribution >= 0.6 is 0 Å². The van der Waals surface area contributed by atoms with Crippen molar-refractivity contribution in [3.05, 3.63) is 74.6 Å². The molecule has 0 aliphatic carbocycles. The molecule has 0 saturated heterocycles. The molecule has 33 heavy (non-hydrogen) atoms. The van der Waals surface area contributed by atoms with E-state index in [2.05, 4.69) is 4.90 Å². The lowest BCUT2D eigenvalue weighted by atomic mass is 10.1. The summed E-state index contributed by atoms with van der Waals surface area (Å²) in [5.41, 5.74) is 2.06. The van der Waals surface area contributed by atoms with Crippen molar-refractivity contribution < 1.29 is 9.66 Å². The van der Waals surface area contributed by atoms with Crippen molar-refractivity contribution in [3.8, 4) is 17.5 Å². The van der Waals surface area contributed by atoms with Gasteiger partial charge < -0.3 is 14.2 Å². The molecule has 9 nitrogen and oxygen atoms in total. The molecule has 2 heterocycles. The predicted octanol–water partition coefficient (Wildman–Crippen LogP) is 3.59. The summed E-state index contributed by atoms with van der Waals surface area (Å²) < 4.78 is 9.29. The third-order valence-corrected chi connectivity index (χ3v) is 5.58. The summed E-state index contributed by atoms with van der Waals surface area (Å²) in [6.07, 6.45) is 0.875. The molecule has 0 saturated carbocycles. The van der Waals surface area contributed by atoms with Crippen LogP contribution in [0.3, 0.4) is 0 Å². The Hall–Kier alpha value is -4.16. The van der Waals surface area contributed by atoms with Gasteiger partial charge in [0.1, 0.15) is 17.4 Å². The average Bonchev–Trinajstić information content (AvgIpc) is 3.07. The van der Waals surface area contributed by atoms with E-state index in [4.69, 9.17) is 4.74 Å². The maximum atomic E-state index is 13.2. The van der Waals surface area contributed by atoms with Crippen LogP contribution in [0.5, 0.6) is 5.75 Å². The first-order chi connectivity index (χ1) is 15.8. The molecular formula is C24H23N5O4. The number of non-ortho nitro benzene ring substituents is 1. The summed E-state index contributed by atoms with van der Waals surface area (Å²) >= 11 is 0. The minimum atomic E-state index is -0.494. The lowest BCUT2D eigenvalue weighted by molar-refractivity contribution is -0.384. The molecule has 168 valence electrons. The number of aryl methyl sites for hydroxylation is 1. The maximum absolute atomic E-state index is 13.2. The Bertz CT molecular complexity index is 1460. The van der Waals surface area contributed by atoms with Crippen LogP contribution in [0, 0.1) is 21.4 Å². The van der Waals surface area contributed by atoms with Crippen molar-refractivity contribution in [3.63, 3.8) is 0 Å². The van der Waals surface area contributed by atoms with E-state index in [1.807, 2.05) is 50.0 Å². The SMILES string of the molecule is CN(C)CCCOc1ccc2c(c1)c1c(cc(C#N)c(=O)n1-c1ccc([N+](=O)[O-])cc1)n2C.